The number of carbonyl (C=O) groups is 1. The summed E-state index contributed by atoms with van der Waals surface area (Å²) in [7, 11) is 0. The van der Waals surface area contributed by atoms with E-state index < -0.39 is 0 Å². The topological polar surface area (TPSA) is 23.6 Å². The first kappa shape index (κ1) is 9.26. The van der Waals surface area contributed by atoms with Crippen LogP contribution in [0.2, 0.25) is 0 Å². The lowest BCUT2D eigenvalue weighted by molar-refractivity contribution is -0.109. The van der Waals surface area contributed by atoms with E-state index in [1.165, 1.54) is 0 Å². The molecule has 0 radical (unpaired) electrons. The third-order valence-electron chi connectivity index (χ3n) is 2.24. The summed E-state index contributed by atoms with van der Waals surface area (Å²) in [5.74, 6) is 0. The molecule has 0 spiro atoms. The molecule has 0 aromatic carbocycles. The first-order chi connectivity index (χ1) is 5.74. The number of hydrogen-bond acceptors (Lipinski definition) is 3. The van der Waals surface area contributed by atoms with Gasteiger partial charge in [0.25, 0.3) is 0 Å². The lowest BCUT2D eigenvalue weighted by Gasteiger charge is -2.35. The summed E-state index contributed by atoms with van der Waals surface area (Å²) in [6.45, 7) is 10.4. The second-order valence-corrected chi connectivity index (χ2v) is 3.19. The van der Waals surface area contributed by atoms with Crippen LogP contribution in [0.1, 0.15) is 6.92 Å². The molecule has 68 valence electrons. The fraction of sp³-hybridized carbons (Fsp3) is 0.667. The summed E-state index contributed by atoms with van der Waals surface area (Å²) in [5.41, 5.74) is 1.13. The minimum absolute atomic E-state index is 0.573. The molecule has 1 fully saturated rings. The van der Waals surface area contributed by atoms with Crippen LogP contribution in [0.5, 0.6) is 0 Å². The van der Waals surface area contributed by atoms with Crippen molar-refractivity contribution >= 4 is 6.29 Å². The van der Waals surface area contributed by atoms with Crippen molar-refractivity contribution in [3.8, 4) is 0 Å². The van der Waals surface area contributed by atoms with Crippen LogP contribution >= 0.6 is 0 Å². The molecular weight excluding hydrogens is 152 g/mol. The molecule has 3 nitrogen and oxygen atoms in total. The summed E-state index contributed by atoms with van der Waals surface area (Å²) in [5, 5.41) is 0. The van der Waals surface area contributed by atoms with Gasteiger partial charge in [-0.3, -0.25) is 4.90 Å². The lowest BCUT2D eigenvalue weighted by atomic mass is 10.3. The van der Waals surface area contributed by atoms with E-state index in [1.54, 1.807) is 0 Å². The van der Waals surface area contributed by atoms with Crippen molar-refractivity contribution < 1.29 is 4.79 Å². The van der Waals surface area contributed by atoms with Crippen LogP contribution in [-0.2, 0) is 4.79 Å². The quantitative estimate of drug-likeness (QED) is 0.568. The molecule has 0 aromatic heterocycles. The maximum absolute atomic E-state index is 10.2. The van der Waals surface area contributed by atoms with E-state index in [0.29, 0.717) is 6.54 Å². The van der Waals surface area contributed by atoms with Crippen LogP contribution in [0.3, 0.4) is 0 Å². The number of aldehydes is 1. The van der Waals surface area contributed by atoms with E-state index in [0.717, 1.165) is 38.2 Å². The van der Waals surface area contributed by atoms with Gasteiger partial charge in [-0.1, -0.05) is 6.58 Å². The molecule has 0 aliphatic carbocycles. The first-order valence-corrected chi connectivity index (χ1v) is 4.30. The molecule has 0 saturated carbocycles. The van der Waals surface area contributed by atoms with Crippen LogP contribution in [0, 0.1) is 0 Å². The van der Waals surface area contributed by atoms with Crippen molar-refractivity contribution in [2.24, 2.45) is 0 Å². The van der Waals surface area contributed by atoms with Gasteiger partial charge in [0, 0.05) is 31.9 Å². The zero-order valence-corrected chi connectivity index (χ0v) is 7.62. The van der Waals surface area contributed by atoms with E-state index in [9.17, 15) is 4.79 Å². The third-order valence-corrected chi connectivity index (χ3v) is 2.24. The van der Waals surface area contributed by atoms with E-state index in [-0.39, 0.29) is 0 Å². The van der Waals surface area contributed by atoms with Gasteiger partial charge < -0.3 is 9.69 Å². The van der Waals surface area contributed by atoms with Gasteiger partial charge in [-0.05, 0) is 6.92 Å². The van der Waals surface area contributed by atoms with E-state index in [2.05, 4.69) is 16.4 Å². The molecule has 0 aromatic rings. The highest BCUT2D eigenvalue weighted by Gasteiger charge is 2.14. The molecule has 1 heterocycles. The van der Waals surface area contributed by atoms with E-state index in [4.69, 9.17) is 0 Å². The number of piperazine rings is 1. The molecule has 0 N–H and O–H groups in total. The number of nitrogens with zero attached hydrogens (tertiary/aromatic N) is 2. The summed E-state index contributed by atoms with van der Waals surface area (Å²) in [6, 6.07) is 0. The zero-order chi connectivity index (χ0) is 8.97. The van der Waals surface area contributed by atoms with Crippen LogP contribution < -0.4 is 0 Å². The van der Waals surface area contributed by atoms with Crippen LogP contribution in [0.25, 0.3) is 0 Å². The maximum Gasteiger partial charge on any atom is 0.133 e. The fourth-order valence-electron chi connectivity index (χ4n) is 1.42. The fourth-order valence-corrected chi connectivity index (χ4v) is 1.42. The standard InChI is InChI=1S/C9H16N2O/c1-9(2)11-5-3-10(4-6-11)7-8-12/h8H,1,3-7H2,2H3. The Labute approximate surface area is 73.6 Å². The Hall–Kier alpha value is -0.830. The molecule has 0 atom stereocenters. The summed E-state index contributed by atoms with van der Waals surface area (Å²) < 4.78 is 0. The van der Waals surface area contributed by atoms with Gasteiger partial charge in [-0.25, -0.2) is 0 Å². The van der Waals surface area contributed by atoms with Gasteiger partial charge in [0.2, 0.25) is 0 Å². The van der Waals surface area contributed by atoms with Gasteiger partial charge in [0.1, 0.15) is 6.29 Å². The summed E-state index contributed by atoms with van der Waals surface area (Å²) in [4.78, 5) is 14.6. The first-order valence-electron chi connectivity index (χ1n) is 4.30. The van der Waals surface area contributed by atoms with Gasteiger partial charge in [0.05, 0.1) is 6.54 Å². The predicted molar refractivity (Wildman–Crippen MR) is 48.9 cm³/mol. The van der Waals surface area contributed by atoms with E-state index in [1.807, 2.05) is 6.92 Å². The molecule has 0 amide bonds. The van der Waals surface area contributed by atoms with Gasteiger partial charge in [-0.15, -0.1) is 0 Å². The van der Waals surface area contributed by atoms with Crippen molar-refractivity contribution in [3.05, 3.63) is 12.3 Å². The van der Waals surface area contributed by atoms with Crippen molar-refractivity contribution in [3.63, 3.8) is 0 Å². The van der Waals surface area contributed by atoms with E-state index >= 15 is 0 Å². The molecule has 12 heavy (non-hydrogen) atoms. The van der Waals surface area contributed by atoms with Crippen molar-refractivity contribution in [2.75, 3.05) is 32.7 Å². The highest BCUT2D eigenvalue weighted by molar-refractivity contribution is 5.51. The third kappa shape index (κ3) is 2.34. The molecule has 1 aliphatic heterocycles. The minimum Gasteiger partial charge on any atom is -0.373 e. The average molecular weight is 168 g/mol. The molecular formula is C9H16N2O. The average Bonchev–Trinajstić information content (AvgIpc) is 2.06. The normalized spacial score (nSPS) is 19.2. The molecule has 3 heteroatoms. The monoisotopic (exact) mass is 168 g/mol. The molecule has 1 saturated heterocycles. The second-order valence-electron chi connectivity index (χ2n) is 3.19. The van der Waals surface area contributed by atoms with Crippen molar-refractivity contribution in [1.82, 2.24) is 9.80 Å². The Morgan fingerprint density at radius 2 is 2.00 bits per heavy atom. The second kappa shape index (κ2) is 4.26. The largest absolute Gasteiger partial charge is 0.373 e. The maximum atomic E-state index is 10.2. The molecule has 1 aliphatic rings. The zero-order valence-electron chi connectivity index (χ0n) is 7.62. The number of hydrogen-bond donors (Lipinski definition) is 0. The lowest BCUT2D eigenvalue weighted by Crippen LogP contribution is -2.45. The number of allylic oxidation sites excluding steroid dienone is 1. The molecule has 0 unspecified atom stereocenters. The Morgan fingerprint density at radius 3 is 2.42 bits per heavy atom. The Bertz CT molecular complexity index is 171. The number of carbonyl (C=O) groups excluding carboxylic acids is 1. The Kier molecular flexibility index (Phi) is 3.29. The van der Waals surface area contributed by atoms with Crippen molar-refractivity contribution in [1.29, 1.82) is 0 Å². The van der Waals surface area contributed by atoms with Crippen LogP contribution in [0.4, 0.5) is 0 Å². The molecule has 0 bridgehead atoms. The highest BCUT2D eigenvalue weighted by atomic mass is 16.1. The minimum atomic E-state index is 0.573. The van der Waals surface area contributed by atoms with Crippen LogP contribution in [0.15, 0.2) is 12.3 Å². The Morgan fingerprint density at radius 1 is 1.42 bits per heavy atom. The number of rotatable bonds is 3. The summed E-state index contributed by atoms with van der Waals surface area (Å²) in [6.07, 6.45) is 0.969. The SMILES string of the molecule is C=C(C)N1CCN(CC=O)CC1. The van der Waals surface area contributed by atoms with Crippen LogP contribution in [-0.4, -0.2) is 48.8 Å². The smallest absolute Gasteiger partial charge is 0.133 e. The van der Waals surface area contributed by atoms with Gasteiger partial charge >= 0.3 is 0 Å². The summed E-state index contributed by atoms with van der Waals surface area (Å²) >= 11 is 0. The molecule has 1 rings (SSSR count). The van der Waals surface area contributed by atoms with Gasteiger partial charge in [-0.2, -0.15) is 0 Å². The predicted octanol–water partition coefficient (Wildman–Crippen LogP) is 0.337. The Balaban J connectivity index is 2.29. The van der Waals surface area contributed by atoms with Gasteiger partial charge in [0.15, 0.2) is 0 Å². The highest BCUT2D eigenvalue weighted by Crippen LogP contribution is 2.05. The van der Waals surface area contributed by atoms with Crippen molar-refractivity contribution in [2.45, 2.75) is 6.92 Å².